The molecule has 0 unspecified atom stereocenters. The van der Waals surface area contributed by atoms with Gasteiger partial charge in [0.25, 0.3) is 0 Å². The maximum Gasteiger partial charge on any atom is 0.0596 e. The van der Waals surface area contributed by atoms with E-state index >= 15 is 0 Å². The van der Waals surface area contributed by atoms with Gasteiger partial charge in [0.2, 0.25) is 0 Å². The molecule has 0 bridgehead atoms. The molecule has 1 aromatic heterocycles. The van der Waals surface area contributed by atoms with Crippen LogP contribution in [0, 0.1) is 12.8 Å². The number of hydrogen-bond acceptors (Lipinski definition) is 2. The van der Waals surface area contributed by atoms with E-state index in [1.54, 1.807) is 0 Å². The summed E-state index contributed by atoms with van der Waals surface area (Å²) in [5, 5.41) is 4.55. The molecule has 1 saturated heterocycles. The van der Waals surface area contributed by atoms with Crippen molar-refractivity contribution >= 4 is 0 Å². The molecule has 2 heterocycles. The van der Waals surface area contributed by atoms with E-state index < -0.39 is 0 Å². The quantitative estimate of drug-likeness (QED) is 0.783. The minimum absolute atomic E-state index is 0.836. The summed E-state index contributed by atoms with van der Waals surface area (Å²) in [6, 6.07) is 2.20. The first kappa shape index (κ1) is 11.6. The molecular weight excluding hydrogens is 200 g/mol. The number of hydrogen-bond donors (Lipinski definition) is 0. The Kier molecular flexibility index (Phi) is 3.99. The van der Waals surface area contributed by atoms with Crippen LogP contribution in [-0.4, -0.2) is 23.0 Å². The highest BCUT2D eigenvalue weighted by Crippen LogP contribution is 2.19. The third-order valence-electron chi connectivity index (χ3n) is 3.44. The van der Waals surface area contributed by atoms with Crippen LogP contribution in [0.5, 0.6) is 0 Å². The van der Waals surface area contributed by atoms with E-state index in [1.807, 2.05) is 0 Å². The van der Waals surface area contributed by atoms with Crippen molar-refractivity contribution in [3.63, 3.8) is 0 Å². The first-order valence-electron chi connectivity index (χ1n) is 6.40. The fraction of sp³-hybridized carbons (Fsp3) is 0.769. The maximum absolute atomic E-state index is 5.38. The van der Waals surface area contributed by atoms with Crippen LogP contribution in [0.25, 0.3) is 0 Å². The van der Waals surface area contributed by atoms with E-state index in [1.165, 1.54) is 25.0 Å². The van der Waals surface area contributed by atoms with Gasteiger partial charge in [-0.1, -0.05) is 6.92 Å². The number of rotatable bonds is 4. The minimum Gasteiger partial charge on any atom is -0.381 e. The molecule has 2 rings (SSSR count). The maximum atomic E-state index is 5.38. The predicted molar refractivity (Wildman–Crippen MR) is 64.5 cm³/mol. The van der Waals surface area contributed by atoms with Crippen molar-refractivity contribution in [2.24, 2.45) is 5.92 Å². The van der Waals surface area contributed by atoms with Gasteiger partial charge >= 0.3 is 0 Å². The molecular formula is C13H22N2O. The molecule has 90 valence electrons. The Bertz CT molecular complexity index is 327. The van der Waals surface area contributed by atoms with Crippen molar-refractivity contribution in [3.05, 3.63) is 17.5 Å². The second-order valence-corrected chi connectivity index (χ2v) is 4.70. The first-order valence-corrected chi connectivity index (χ1v) is 6.40. The molecule has 1 aliphatic rings. The third kappa shape index (κ3) is 2.85. The van der Waals surface area contributed by atoms with Crippen LogP contribution in [0.2, 0.25) is 0 Å². The number of aryl methyl sites for hydroxylation is 3. The average Bonchev–Trinajstić information content (AvgIpc) is 2.68. The Morgan fingerprint density at radius 1 is 1.44 bits per heavy atom. The molecule has 0 saturated carbocycles. The number of ether oxygens (including phenoxy) is 1. The summed E-state index contributed by atoms with van der Waals surface area (Å²) in [5.41, 5.74) is 2.51. The van der Waals surface area contributed by atoms with Crippen molar-refractivity contribution in [2.75, 3.05) is 13.2 Å². The van der Waals surface area contributed by atoms with Gasteiger partial charge in [0.1, 0.15) is 0 Å². The largest absolute Gasteiger partial charge is 0.381 e. The van der Waals surface area contributed by atoms with Crippen molar-refractivity contribution < 1.29 is 4.74 Å². The summed E-state index contributed by atoms with van der Waals surface area (Å²) in [4.78, 5) is 0. The molecule has 0 spiro atoms. The van der Waals surface area contributed by atoms with Gasteiger partial charge in [-0.05, 0) is 44.6 Å². The van der Waals surface area contributed by atoms with Crippen molar-refractivity contribution in [1.82, 2.24) is 9.78 Å². The predicted octanol–water partition coefficient (Wildman–Crippen LogP) is 2.57. The van der Waals surface area contributed by atoms with Gasteiger partial charge in [-0.15, -0.1) is 0 Å². The Morgan fingerprint density at radius 2 is 2.19 bits per heavy atom. The van der Waals surface area contributed by atoms with Crippen molar-refractivity contribution in [3.8, 4) is 0 Å². The van der Waals surface area contributed by atoms with Crippen LogP contribution in [0.1, 0.15) is 37.6 Å². The second kappa shape index (κ2) is 5.48. The van der Waals surface area contributed by atoms with E-state index in [4.69, 9.17) is 4.74 Å². The lowest BCUT2D eigenvalue weighted by Crippen LogP contribution is -2.18. The zero-order valence-corrected chi connectivity index (χ0v) is 10.4. The Morgan fingerprint density at radius 3 is 2.88 bits per heavy atom. The molecule has 0 N–H and O–H groups in total. The smallest absolute Gasteiger partial charge is 0.0596 e. The van der Waals surface area contributed by atoms with Gasteiger partial charge in [-0.3, -0.25) is 4.68 Å². The summed E-state index contributed by atoms with van der Waals surface area (Å²) < 4.78 is 7.56. The SMILES string of the molecule is CCc1cc(C)nn1CCC1CCOCC1. The van der Waals surface area contributed by atoms with E-state index in [2.05, 4.69) is 29.7 Å². The molecule has 16 heavy (non-hydrogen) atoms. The molecule has 1 fully saturated rings. The normalized spacial score (nSPS) is 17.9. The average molecular weight is 222 g/mol. The fourth-order valence-corrected chi connectivity index (χ4v) is 2.42. The summed E-state index contributed by atoms with van der Waals surface area (Å²) >= 11 is 0. The van der Waals surface area contributed by atoms with Gasteiger partial charge in [-0.25, -0.2) is 0 Å². The van der Waals surface area contributed by atoms with Crippen LogP contribution in [0.4, 0.5) is 0 Å². The van der Waals surface area contributed by atoms with E-state index in [0.29, 0.717) is 0 Å². The van der Waals surface area contributed by atoms with Gasteiger partial charge in [0.15, 0.2) is 0 Å². The van der Waals surface area contributed by atoms with Crippen molar-refractivity contribution in [2.45, 2.75) is 46.1 Å². The summed E-state index contributed by atoms with van der Waals surface area (Å²) in [7, 11) is 0. The molecule has 0 amide bonds. The highest BCUT2D eigenvalue weighted by molar-refractivity contribution is 5.08. The van der Waals surface area contributed by atoms with E-state index in [9.17, 15) is 0 Å². The summed E-state index contributed by atoms with van der Waals surface area (Å²) in [6.45, 7) is 7.24. The Labute approximate surface area is 97.8 Å². The van der Waals surface area contributed by atoms with Gasteiger partial charge in [-0.2, -0.15) is 5.10 Å². The van der Waals surface area contributed by atoms with Gasteiger partial charge < -0.3 is 4.74 Å². The zero-order chi connectivity index (χ0) is 11.4. The summed E-state index contributed by atoms with van der Waals surface area (Å²) in [5.74, 6) is 0.836. The number of nitrogens with zero attached hydrogens (tertiary/aromatic N) is 2. The lowest BCUT2D eigenvalue weighted by molar-refractivity contribution is 0.0622. The Hall–Kier alpha value is -0.830. The lowest BCUT2D eigenvalue weighted by Gasteiger charge is -2.22. The molecule has 3 heteroatoms. The molecule has 1 aliphatic heterocycles. The van der Waals surface area contributed by atoms with Gasteiger partial charge in [0, 0.05) is 25.5 Å². The monoisotopic (exact) mass is 222 g/mol. The van der Waals surface area contributed by atoms with Crippen molar-refractivity contribution in [1.29, 1.82) is 0 Å². The van der Waals surface area contributed by atoms with Crippen LogP contribution in [0.3, 0.4) is 0 Å². The zero-order valence-electron chi connectivity index (χ0n) is 10.4. The van der Waals surface area contributed by atoms with Crippen LogP contribution >= 0.6 is 0 Å². The molecule has 1 aromatic rings. The fourth-order valence-electron chi connectivity index (χ4n) is 2.42. The molecule has 0 radical (unpaired) electrons. The first-order chi connectivity index (χ1) is 7.79. The lowest BCUT2D eigenvalue weighted by atomic mass is 9.97. The van der Waals surface area contributed by atoms with Crippen LogP contribution in [-0.2, 0) is 17.7 Å². The molecule has 3 nitrogen and oxygen atoms in total. The molecule has 0 atom stereocenters. The standard InChI is InChI=1S/C13H22N2O/c1-3-13-10-11(2)14-15(13)7-4-12-5-8-16-9-6-12/h10,12H,3-9H2,1-2H3. The van der Waals surface area contributed by atoms with Gasteiger partial charge in [0.05, 0.1) is 5.69 Å². The Balaban J connectivity index is 1.87. The van der Waals surface area contributed by atoms with E-state index in [0.717, 1.165) is 37.8 Å². The highest BCUT2D eigenvalue weighted by Gasteiger charge is 2.14. The van der Waals surface area contributed by atoms with Crippen LogP contribution < -0.4 is 0 Å². The number of aromatic nitrogens is 2. The third-order valence-corrected chi connectivity index (χ3v) is 3.44. The molecule has 0 aliphatic carbocycles. The van der Waals surface area contributed by atoms with E-state index in [-0.39, 0.29) is 0 Å². The summed E-state index contributed by atoms with van der Waals surface area (Å²) in [6.07, 6.45) is 4.77. The minimum atomic E-state index is 0.836. The topological polar surface area (TPSA) is 27.1 Å². The van der Waals surface area contributed by atoms with Crippen LogP contribution in [0.15, 0.2) is 6.07 Å². The second-order valence-electron chi connectivity index (χ2n) is 4.70. The highest BCUT2D eigenvalue weighted by atomic mass is 16.5. The molecule has 0 aromatic carbocycles.